The van der Waals surface area contributed by atoms with Crippen molar-refractivity contribution in [3.8, 4) is 0 Å². The van der Waals surface area contributed by atoms with Crippen LogP contribution in [-0.4, -0.2) is 8.42 Å². The Morgan fingerprint density at radius 1 is 1.00 bits per heavy atom. The van der Waals surface area contributed by atoms with E-state index in [0.29, 0.717) is 10.0 Å². The van der Waals surface area contributed by atoms with Crippen LogP contribution in [0.25, 0.3) is 0 Å². The third-order valence-corrected chi connectivity index (χ3v) is 4.60. The van der Waals surface area contributed by atoms with E-state index in [0.717, 1.165) is 5.56 Å². The van der Waals surface area contributed by atoms with E-state index in [-0.39, 0.29) is 17.1 Å². The number of nitrogen functional groups attached to an aromatic ring is 1. The number of halogens is 2. The van der Waals surface area contributed by atoms with Gasteiger partial charge >= 0.3 is 0 Å². The van der Waals surface area contributed by atoms with Gasteiger partial charge in [-0.05, 0) is 35.9 Å². The van der Waals surface area contributed by atoms with Crippen molar-refractivity contribution in [3.05, 3.63) is 58.1 Å². The van der Waals surface area contributed by atoms with Crippen LogP contribution >= 0.6 is 23.2 Å². The van der Waals surface area contributed by atoms with E-state index >= 15 is 0 Å². The fourth-order valence-electron chi connectivity index (χ4n) is 1.62. The summed E-state index contributed by atoms with van der Waals surface area (Å²) in [5.41, 5.74) is 6.58. The smallest absolute Gasteiger partial charge is 0.242 e. The van der Waals surface area contributed by atoms with Crippen LogP contribution < -0.4 is 10.5 Å². The molecule has 0 saturated heterocycles. The third kappa shape index (κ3) is 3.64. The molecule has 0 amide bonds. The number of benzene rings is 2. The fraction of sp³-hybridized carbons (Fsp3) is 0.0769. The Labute approximate surface area is 127 Å². The largest absolute Gasteiger partial charge is 0.398 e. The zero-order valence-electron chi connectivity index (χ0n) is 10.3. The molecule has 2 rings (SSSR count). The zero-order valence-corrected chi connectivity index (χ0v) is 12.6. The SMILES string of the molecule is Nc1cc(Cl)ccc1S(=O)(=O)NCc1ccc(Cl)cc1. The van der Waals surface area contributed by atoms with Crippen LogP contribution in [0.5, 0.6) is 0 Å². The predicted octanol–water partition coefficient (Wildman–Crippen LogP) is 3.05. The number of hydrogen-bond donors (Lipinski definition) is 2. The van der Waals surface area contributed by atoms with E-state index < -0.39 is 10.0 Å². The van der Waals surface area contributed by atoms with Gasteiger partial charge in [-0.15, -0.1) is 0 Å². The van der Waals surface area contributed by atoms with Gasteiger partial charge in [0, 0.05) is 16.6 Å². The van der Waals surface area contributed by atoms with Crippen LogP contribution in [0.2, 0.25) is 10.0 Å². The second-order valence-corrected chi connectivity index (χ2v) is 6.74. The Hall–Kier alpha value is -1.27. The summed E-state index contributed by atoms with van der Waals surface area (Å²) in [6.07, 6.45) is 0. The van der Waals surface area contributed by atoms with E-state index in [9.17, 15) is 8.42 Å². The van der Waals surface area contributed by atoms with Crippen molar-refractivity contribution < 1.29 is 8.42 Å². The molecule has 7 heteroatoms. The molecular weight excluding hydrogens is 319 g/mol. The molecule has 3 N–H and O–H groups in total. The Bertz CT molecular complexity index is 716. The monoisotopic (exact) mass is 330 g/mol. The van der Waals surface area contributed by atoms with Crippen molar-refractivity contribution in [3.63, 3.8) is 0 Å². The molecule has 0 aliphatic rings. The number of sulfonamides is 1. The lowest BCUT2D eigenvalue weighted by Crippen LogP contribution is -2.24. The second-order valence-electron chi connectivity index (χ2n) is 4.13. The summed E-state index contributed by atoms with van der Waals surface area (Å²) in [6, 6.07) is 11.1. The molecule has 0 fully saturated rings. The van der Waals surface area contributed by atoms with E-state index in [1.165, 1.54) is 18.2 Å². The van der Waals surface area contributed by atoms with Gasteiger partial charge in [0.25, 0.3) is 0 Å². The maximum atomic E-state index is 12.1. The molecule has 0 bridgehead atoms. The molecule has 0 aliphatic carbocycles. The van der Waals surface area contributed by atoms with Gasteiger partial charge in [0.15, 0.2) is 0 Å². The Morgan fingerprint density at radius 2 is 1.60 bits per heavy atom. The van der Waals surface area contributed by atoms with Gasteiger partial charge in [0.1, 0.15) is 4.90 Å². The Balaban J connectivity index is 2.17. The second kappa shape index (κ2) is 6.01. The summed E-state index contributed by atoms with van der Waals surface area (Å²) in [7, 11) is -3.68. The number of nitrogens with two attached hydrogens (primary N) is 1. The normalized spacial score (nSPS) is 11.5. The maximum absolute atomic E-state index is 12.1. The van der Waals surface area contributed by atoms with Crippen molar-refractivity contribution in [1.29, 1.82) is 0 Å². The van der Waals surface area contributed by atoms with Crippen LogP contribution in [0.3, 0.4) is 0 Å². The van der Waals surface area contributed by atoms with Crippen molar-refractivity contribution in [2.75, 3.05) is 5.73 Å². The molecule has 0 heterocycles. The van der Waals surface area contributed by atoms with Gasteiger partial charge in [0.2, 0.25) is 10.0 Å². The van der Waals surface area contributed by atoms with Gasteiger partial charge in [-0.1, -0.05) is 35.3 Å². The minimum atomic E-state index is -3.68. The Morgan fingerprint density at radius 3 is 2.20 bits per heavy atom. The standard InChI is InChI=1S/C13H12Cl2N2O2S/c14-10-3-1-9(2-4-10)8-17-20(18,19)13-6-5-11(15)7-12(13)16/h1-7,17H,8,16H2. The topological polar surface area (TPSA) is 72.2 Å². The first-order valence-electron chi connectivity index (χ1n) is 5.67. The summed E-state index contributed by atoms with van der Waals surface area (Å²) >= 11 is 11.5. The van der Waals surface area contributed by atoms with Gasteiger partial charge in [-0.25, -0.2) is 13.1 Å². The van der Waals surface area contributed by atoms with Gasteiger partial charge in [-0.2, -0.15) is 0 Å². The van der Waals surface area contributed by atoms with Crippen LogP contribution in [0, 0.1) is 0 Å². The van der Waals surface area contributed by atoms with Crippen LogP contribution in [0.15, 0.2) is 47.4 Å². The van der Waals surface area contributed by atoms with Crippen LogP contribution in [0.1, 0.15) is 5.56 Å². The Kier molecular flexibility index (Phi) is 4.55. The maximum Gasteiger partial charge on any atom is 0.242 e. The molecule has 0 atom stereocenters. The molecule has 0 aliphatic heterocycles. The summed E-state index contributed by atoms with van der Waals surface area (Å²) in [5, 5.41) is 0.984. The van der Waals surface area contributed by atoms with Gasteiger partial charge in [0.05, 0.1) is 5.69 Å². The van der Waals surface area contributed by atoms with Crippen LogP contribution in [0.4, 0.5) is 5.69 Å². The summed E-state index contributed by atoms with van der Waals surface area (Å²) in [5.74, 6) is 0. The average molecular weight is 331 g/mol. The lowest BCUT2D eigenvalue weighted by atomic mass is 10.2. The highest BCUT2D eigenvalue weighted by molar-refractivity contribution is 7.89. The lowest BCUT2D eigenvalue weighted by Gasteiger charge is -2.09. The zero-order chi connectivity index (χ0) is 14.8. The van der Waals surface area contributed by atoms with Crippen LogP contribution in [-0.2, 0) is 16.6 Å². The molecule has 2 aromatic carbocycles. The third-order valence-electron chi connectivity index (χ3n) is 2.64. The first-order valence-corrected chi connectivity index (χ1v) is 7.91. The van der Waals surface area contributed by atoms with Crippen molar-refractivity contribution in [2.24, 2.45) is 0 Å². The van der Waals surface area contributed by atoms with Crippen molar-refractivity contribution in [1.82, 2.24) is 4.72 Å². The average Bonchev–Trinajstić information content (AvgIpc) is 2.37. The highest BCUT2D eigenvalue weighted by atomic mass is 35.5. The van der Waals surface area contributed by atoms with Gasteiger partial charge in [-0.3, -0.25) is 0 Å². The van der Waals surface area contributed by atoms with Crippen molar-refractivity contribution in [2.45, 2.75) is 11.4 Å². The molecule has 20 heavy (non-hydrogen) atoms. The van der Waals surface area contributed by atoms with Crippen molar-refractivity contribution >= 4 is 38.9 Å². The predicted molar refractivity (Wildman–Crippen MR) is 81.3 cm³/mol. The quantitative estimate of drug-likeness (QED) is 0.846. The van der Waals surface area contributed by atoms with E-state index in [1.807, 2.05) is 0 Å². The number of rotatable bonds is 4. The molecule has 4 nitrogen and oxygen atoms in total. The molecule has 2 aromatic rings. The molecule has 0 spiro atoms. The molecule has 0 radical (unpaired) electrons. The molecule has 0 unspecified atom stereocenters. The number of anilines is 1. The fourth-order valence-corrected chi connectivity index (χ4v) is 3.06. The molecule has 106 valence electrons. The minimum Gasteiger partial charge on any atom is -0.398 e. The van der Waals surface area contributed by atoms with E-state index in [4.69, 9.17) is 28.9 Å². The highest BCUT2D eigenvalue weighted by Gasteiger charge is 2.17. The molecule has 0 aromatic heterocycles. The highest BCUT2D eigenvalue weighted by Crippen LogP contribution is 2.22. The summed E-state index contributed by atoms with van der Waals surface area (Å²) in [4.78, 5) is 0.0101. The molecule has 0 saturated carbocycles. The lowest BCUT2D eigenvalue weighted by molar-refractivity contribution is 0.582. The van der Waals surface area contributed by atoms with E-state index in [1.54, 1.807) is 24.3 Å². The van der Waals surface area contributed by atoms with E-state index in [2.05, 4.69) is 4.72 Å². The summed E-state index contributed by atoms with van der Waals surface area (Å²) in [6.45, 7) is 0.154. The number of hydrogen-bond acceptors (Lipinski definition) is 3. The molecular formula is C13H12Cl2N2O2S. The first kappa shape index (κ1) is 15.1. The van der Waals surface area contributed by atoms with Gasteiger partial charge < -0.3 is 5.73 Å². The minimum absolute atomic E-state index is 0.0101. The summed E-state index contributed by atoms with van der Waals surface area (Å²) < 4.78 is 26.8. The number of nitrogens with one attached hydrogen (secondary N) is 1. The first-order chi connectivity index (χ1) is 9.38.